The van der Waals surface area contributed by atoms with Crippen molar-refractivity contribution >= 4 is 24.7 Å². The molecule has 0 aliphatic heterocycles. The minimum Gasteiger partial charge on any atom is -0.480 e. The molecule has 0 amide bonds. The number of hydrogen-bond acceptors (Lipinski definition) is 2. The summed E-state index contributed by atoms with van der Waals surface area (Å²) in [5, 5.41) is 12.3. The van der Waals surface area contributed by atoms with E-state index in [1.54, 1.807) is 0 Å². The Kier molecular flexibility index (Phi) is 6.20. The Balaban J connectivity index is 2.17. The normalized spacial score (nSPS) is 16.6. The van der Waals surface area contributed by atoms with Gasteiger partial charge >= 0.3 is 5.97 Å². The highest BCUT2D eigenvalue weighted by Crippen LogP contribution is 2.40. The zero-order valence-electron chi connectivity index (χ0n) is 18.6. The van der Waals surface area contributed by atoms with Crippen LogP contribution in [0.5, 0.6) is 0 Å². The third-order valence-electron chi connectivity index (χ3n) is 5.91. The molecule has 3 rings (SSSR count). The Labute approximate surface area is 181 Å². The van der Waals surface area contributed by atoms with Crippen molar-refractivity contribution in [3.8, 4) is 0 Å². The van der Waals surface area contributed by atoms with Gasteiger partial charge in [0.1, 0.15) is 5.41 Å². The van der Waals surface area contributed by atoms with Gasteiger partial charge in [-0.05, 0) is 35.7 Å². The lowest BCUT2D eigenvalue weighted by atomic mass is 9.80. The molecule has 3 nitrogen and oxygen atoms in total. The van der Waals surface area contributed by atoms with Crippen molar-refractivity contribution in [1.82, 2.24) is 0 Å². The molecule has 0 aromatic heterocycles. The van der Waals surface area contributed by atoms with Crippen molar-refractivity contribution < 1.29 is 14.3 Å². The molecule has 4 heteroatoms. The summed E-state index contributed by atoms with van der Waals surface area (Å²) >= 11 is 0. The molecular weight excluding hydrogens is 388 g/mol. The monoisotopic (exact) mass is 420 g/mol. The first-order valence-corrected chi connectivity index (χ1v) is 12.4. The van der Waals surface area contributed by atoms with Gasteiger partial charge in [0.25, 0.3) is 8.32 Å². The van der Waals surface area contributed by atoms with Crippen molar-refractivity contribution in [3.63, 3.8) is 0 Å². The van der Waals surface area contributed by atoms with Gasteiger partial charge in [-0.15, -0.1) is 0 Å². The number of carboxylic acids is 1. The zero-order valence-corrected chi connectivity index (χ0v) is 19.6. The summed E-state index contributed by atoms with van der Waals surface area (Å²) in [4.78, 5) is 12.5. The first-order chi connectivity index (χ1) is 14.1. The summed E-state index contributed by atoms with van der Waals surface area (Å²) in [7, 11) is -2.79. The summed E-state index contributed by atoms with van der Waals surface area (Å²) in [6.07, 6.45) is 4.56. The number of allylic oxidation sites excluding steroid dienone is 2. The van der Waals surface area contributed by atoms with E-state index in [4.69, 9.17) is 4.43 Å². The summed E-state index contributed by atoms with van der Waals surface area (Å²) < 4.78 is 6.94. The van der Waals surface area contributed by atoms with Crippen LogP contribution >= 0.6 is 0 Å². The molecule has 0 saturated carbocycles. The minimum absolute atomic E-state index is 0.115. The average molecular weight is 421 g/mol. The molecule has 0 radical (unpaired) electrons. The lowest BCUT2D eigenvalue weighted by molar-refractivity contribution is -0.145. The fraction of sp³-hybridized carbons (Fsp3) is 0.346. The van der Waals surface area contributed by atoms with E-state index in [9.17, 15) is 9.90 Å². The standard InChI is InChI=1S/C26H32O3Si/c1-20-16-21(2)18-26(17-20,24(27)28)19-29-30(25(3,4)5,22-12-8-6-9-13-22)23-14-10-7-11-15-23/h6-15,17-18H,16,19H2,1-5H3,(H,27,28). The highest BCUT2D eigenvalue weighted by Gasteiger charge is 2.52. The maximum Gasteiger partial charge on any atom is 0.319 e. The summed E-state index contributed by atoms with van der Waals surface area (Å²) in [6.45, 7) is 10.7. The first-order valence-electron chi connectivity index (χ1n) is 10.5. The van der Waals surface area contributed by atoms with Crippen molar-refractivity contribution in [3.05, 3.63) is 84.0 Å². The number of benzene rings is 2. The maximum atomic E-state index is 12.5. The molecule has 1 aliphatic carbocycles. The Morgan fingerprint density at radius 2 is 1.37 bits per heavy atom. The molecule has 0 fully saturated rings. The van der Waals surface area contributed by atoms with Crippen LogP contribution in [0.2, 0.25) is 5.04 Å². The third kappa shape index (κ3) is 4.07. The van der Waals surface area contributed by atoms with Gasteiger partial charge in [-0.3, -0.25) is 4.79 Å². The van der Waals surface area contributed by atoms with Crippen molar-refractivity contribution in [1.29, 1.82) is 0 Å². The van der Waals surface area contributed by atoms with Crippen LogP contribution in [0.15, 0.2) is 84.0 Å². The lowest BCUT2D eigenvalue weighted by Gasteiger charge is -2.44. The van der Waals surface area contributed by atoms with Crippen molar-refractivity contribution in [2.24, 2.45) is 5.41 Å². The van der Waals surface area contributed by atoms with E-state index in [1.165, 1.54) is 0 Å². The molecule has 0 atom stereocenters. The average Bonchev–Trinajstić information content (AvgIpc) is 2.68. The van der Waals surface area contributed by atoms with Crippen molar-refractivity contribution in [2.45, 2.75) is 46.1 Å². The molecule has 0 bridgehead atoms. The Morgan fingerprint density at radius 3 is 1.73 bits per heavy atom. The smallest absolute Gasteiger partial charge is 0.319 e. The molecule has 0 unspecified atom stereocenters. The Hall–Kier alpha value is -2.43. The summed E-state index contributed by atoms with van der Waals surface area (Å²) in [5.74, 6) is -0.862. The van der Waals surface area contributed by atoms with Gasteiger partial charge in [0.05, 0.1) is 6.61 Å². The Bertz CT molecular complexity index is 895. The minimum atomic E-state index is -2.79. The third-order valence-corrected chi connectivity index (χ3v) is 10.9. The van der Waals surface area contributed by atoms with Gasteiger partial charge < -0.3 is 9.53 Å². The van der Waals surface area contributed by atoms with Gasteiger partial charge in [0.2, 0.25) is 0 Å². The quantitative estimate of drug-likeness (QED) is 0.532. The molecule has 0 spiro atoms. The second kappa shape index (κ2) is 8.36. The number of rotatable bonds is 6. The zero-order chi connectivity index (χ0) is 22.0. The lowest BCUT2D eigenvalue weighted by Crippen LogP contribution is -2.67. The second-order valence-electron chi connectivity index (χ2n) is 9.46. The number of hydrogen-bond donors (Lipinski definition) is 1. The van der Waals surface area contributed by atoms with Crippen LogP contribution in [0.3, 0.4) is 0 Å². The molecule has 0 heterocycles. The molecule has 158 valence electrons. The molecule has 30 heavy (non-hydrogen) atoms. The van der Waals surface area contributed by atoms with E-state index in [0.29, 0.717) is 0 Å². The molecule has 1 N–H and O–H groups in total. The van der Waals surface area contributed by atoms with Crippen molar-refractivity contribution in [2.75, 3.05) is 6.61 Å². The number of aliphatic carboxylic acids is 1. The SMILES string of the molecule is CC1=CC(CO[Si](c2ccccc2)(c2ccccc2)C(C)(C)C)(C(=O)O)C=C(C)C1. The van der Waals surface area contributed by atoms with Crippen LogP contribution in [-0.4, -0.2) is 26.0 Å². The van der Waals surface area contributed by atoms with E-state index in [2.05, 4.69) is 45.0 Å². The van der Waals surface area contributed by atoms with E-state index in [1.807, 2.05) is 62.4 Å². The predicted octanol–water partition coefficient (Wildman–Crippen LogP) is 4.93. The summed E-state index contributed by atoms with van der Waals surface area (Å²) in [5.41, 5.74) is 1.01. The number of carboxylic acid groups (broad SMARTS) is 1. The van der Waals surface area contributed by atoms with Crippen LogP contribution < -0.4 is 10.4 Å². The Morgan fingerprint density at radius 1 is 0.933 bits per heavy atom. The van der Waals surface area contributed by atoms with E-state index < -0.39 is 19.7 Å². The first kappa shape index (κ1) is 22.3. The van der Waals surface area contributed by atoms with Crippen LogP contribution in [0.1, 0.15) is 41.0 Å². The fourth-order valence-corrected chi connectivity index (χ4v) is 9.33. The molecule has 0 saturated heterocycles. The van der Waals surface area contributed by atoms with Gasteiger partial charge in [0, 0.05) is 0 Å². The van der Waals surface area contributed by atoms with Crippen LogP contribution in [0.25, 0.3) is 0 Å². The highest BCUT2D eigenvalue weighted by molar-refractivity contribution is 6.99. The van der Waals surface area contributed by atoms with Crippen LogP contribution in [0, 0.1) is 5.41 Å². The summed E-state index contributed by atoms with van der Waals surface area (Å²) in [6, 6.07) is 20.7. The van der Waals surface area contributed by atoms with E-state index in [0.717, 1.165) is 27.9 Å². The maximum absolute atomic E-state index is 12.5. The second-order valence-corrected chi connectivity index (χ2v) is 13.8. The number of carbonyl (C=O) groups is 1. The van der Waals surface area contributed by atoms with Crippen LogP contribution in [0.4, 0.5) is 0 Å². The van der Waals surface area contributed by atoms with Crippen LogP contribution in [-0.2, 0) is 9.22 Å². The van der Waals surface area contributed by atoms with Gasteiger partial charge in [0.15, 0.2) is 0 Å². The van der Waals surface area contributed by atoms with Gasteiger partial charge in [-0.25, -0.2) is 0 Å². The van der Waals surface area contributed by atoms with Gasteiger partial charge in [-0.1, -0.05) is 105 Å². The largest absolute Gasteiger partial charge is 0.480 e. The predicted molar refractivity (Wildman–Crippen MR) is 126 cm³/mol. The topological polar surface area (TPSA) is 46.5 Å². The van der Waals surface area contributed by atoms with E-state index >= 15 is 0 Å². The fourth-order valence-electron chi connectivity index (χ4n) is 4.72. The van der Waals surface area contributed by atoms with Gasteiger partial charge in [-0.2, -0.15) is 0 Å². The molecule has 2 aromatic rings. The molecule has 2 aromatic carbocycles. The molecule has 1 aliphatic rings. The van der Waals surface area contributed by atoms with E-state index in [-0.39, 0.29) is 11.6 Å². The highest BCUT2D eigenvalue weighted by atomic mass is 28.4. The molecular formula is C26H32O3Si.